The number of carbonyl (C=O) groups is 1. The third-order valence-corrected chi connectivity index (χ3v) is 5.51. The number of piperidine rings is 1. The molecule has 2 atom stereocenters. The van der Waals surface area contributed by atoms with Gasteiger partial charge in [-0.2, -0.15) is 0 Å². The molecule has 2 aromatic carbocycles. The molecule has 0 N–H and O–H groups in total. The molecular weight excluding hydrogens is 366 g/mol. The van der Waals surface area contributed by atoms with Gasteiger partial charge in [-0.1, -0.05) is 58.4 Å². The van der Waals surface area contributed by atoms with Crippen LogP contribution >= 0.6 is 15.9 Å². The molecule has 1 aliphatic heterocycles. The van der Waals surface area contributed by atoms with Gasteiger partial charge in [0.2, 0.25) is 5.91 Å². The Morgan fingerprint density at radius 2 is 1.83 bits per heavy atom. The van der Waals surface area contributed by atoms with Crippen LogP contribution in [0.25, 0.3) is 0 Å². The highest BCUT2D eigenvalue weighted by Crippen LogP contribution is 2.38. The Morgan fingerprint density at radius 1 is 1.12 bits per heavy atom. The number of nitrogens with zero attached hydrogens (tertiary/aromatic N) is 1. The van der Waals surface area contributed by atoms with Crippen molar-refractivity contribution in [1.82, 2.24) is 4.90 Å². The second kappa shape index (κ2) is 7.84. The van der Waals surface area contributed by atoms with E-state index in [1.165, 1.54) is 5.56 Å². The lowest BCUT2D eigenvalue weighted by atomic mass is 9.85. The van der Waals surface area contributed by atoms with E-state index in [-0.39, 0.29) is 11.9 Å². The molecule has 4 heteroatoms. The van der Waals surface area contributed by atoms with Gasteiger partial charge in [0.15, 0.2) is 0 Å². The molecule has 0 aliphatic carbocycles. The van der Waals surface area contributed by atoms with Gasteiger partial charge in [-0.15, -0.1) is 0 Å². The van der Waals surface area contributed by atoms with E-state index in [2.05, 4.69) is 28.1 Å². The largest absolute Gasteiger partial charge is 0.497 e. The van der Waals surface area contributed by atoms with Crippen molar-refractivity contribution >= 4 is 21.8 Å². The van der Waals surface area contributed by atoms with E-state index in [9.17, 15) is 4.79 Å². The molecule has 0 spiro atoms. The van der Waals surface area contributed by atoms with E-state index < -0.39 is 0 Å². The summed E-state index contributed by atoms with van der Waals surface area (Å²) in [4.78, 5) is 14.7. The van der Waals surface area contributed by atoms with Gasteiger partial charge in [0.1, 0.15) is 5.75 Å². The van der Waals surface area contributed by atoms with Gasteiger partial charge in [0.25, 0.3) is 0 Å². The number of carbonyl (C=O) groups excluding carboxylic acids is 1. The van der Waals surface area contributed by atoms with E-state index in [0.717, 1.165) is 23.1 Å². The molecule has 1 amide bonds. The molecule has 2 aromatic rings. The normalized spacial score (nSPS) is 20.9. The molecule has 0 radical (unpaired) electrons. The number of benzene rings is 2. The SMILES string of the molecule is COc1ccc(CN2C(=O)CCC(CBr)C2c2ccccc2)cc1. The van der Waals surface area contributed by atoms with Crippen molar-refractivity contribution in [2.45, 2.75) is 25.4 Å². The fourth-order valence-corrected chi connectivity index (χ4v) is 4.08. The summed E-state index contributed by atoms with van der Waals surface area (Å²) in [7, 11) is 1.66. The lowest BCUT2D eigenvalue weighted by Gasteiger charge is -2.41. The Morgan fingerprint density at radius 3 is 2.46 bits per heavy atom. The molecule has 0 bridgehead atoms. The van der Waals surface area contributed by atoms with Crippen molar-refractivity contribution in [3.8, 4) is 5.75 Å². The van der Waals surface area contributed by atoms with Crippen LogP contribution in [-0.2, 0) is 11.3 Å². The lowest BCUT2D eigenvalue weighted by molar-refractivity contribution is -0.139. The third kappa shape index (κ3) is 3.64. The fourth-order valence-electron chi connectivity index (χ4n) is 3.40. The van der Waals surface area contributed by atoms with Gasteiger partial charge in [-0.05, 0) is 35.6 Å². The first-order valence-electron chi connectivity index (χ1n) is 8.26. The Labute approximate surface area is 151 Å². The number of ether oxygens (including phenoxy) is 1. The number of methoxy groups -OCH3 is 1. The second-order valence-electron chi connectivity index (χ2n) is 6.18. The van der Waals surface area contributed by atoms with Crippen LogP contribution in [0.5, 0.6) is 5.75 Å². The van der Waals surface area contributed by atoms with E-state index in [4.69, 9.17) is 4.74 Å². The summed E-state index contributed by atoms with van der Waals surface area (Å²) in [5, 5.41) is 0.902. The molecule has 1 heterocycles. The smallest absolute Gasteiger partial charge is 0.223 e. The van der Waals surface area contributed by atoms with Crippen molar-refractivity contribution in [2.24, 2.45) is 5.92 Å². The zero-order valence-electron chi connectivity index (χ0n) is 13.8. The Hall–Kier alpha value is -1.81. The Kier molecular flexibility index (Phi) is 5.56. The number of alkyl halides is 1. The number of halogens is 1. The molecular formula is C20H22BrNO2. The average molecular weight is 388 g/mol. The van der Waals surface area contributed by atoms with Gasteiger partial charge < -0.3 is 9.64 Å². The van der Waals surface area contributed by atoms with Crippen molar-refractivity contribution in [2.75, 3.05) is 12.4 Å². The van der Waals surface area contributed by atoms with E-state index in [1.807, 2.05) is 47.4 Å². The Bertz CT molecular complexity index is 672. The molecule has 0 saturated carbocycles. The summed E-state index contributed by atoms with van der Waals surface area (Å²) < 4.78 is 5.22. The molecule has 126 valence electrons. The molecule has 2 unspecified atom stereocenters. The van der Waals surface area contributed by atoms with E-state index in [0.29, 0.717) is 18.9 Å². The van der Waals surface area contributed by atoms with Gasteiger partial charge in [-0.3, -0.25) is 4.79 Å². The first-order valence-corrected chi connectivity index (χ1v) is 9.38. The highest BCUT2D eigenvalue weighted by molar-refractivity contribution is 9.09. The van der Waals surface area contributed by atoms with Crippen molar-refractivity contribution < 1.29 is 9.53 Å². The monoisotopic (exact) mass is 387 g/mol. The maximum atomic E-state index is 12.7. The molecule has 0 aromatic heterocycles. The first-order chi connectivity index (χ1) is 11.7. The summed E-state index contributed by atoms with van der Waals surface area (Å²) in [6, 6.07) is 18.4. The molecule has 1 saturated heterocycles. The fraction of sp³-hybridized carbons (Fsp3) is 0.350. The molecule has 1 fully saturated rings. The summed E-state index contributed by atoms with van der Waals surface area (Å²) in [6.45, 7) is 0.631. The van der Waals surface area contributed by atoms with Crippen LogP contribution in [0.3, 0.4) is 0 Å². The molecule has 3 nitrogen and oxygen atoms in total. The minimum absolute atomic E-state index is 0.119. The van der Waals surface area contributed by atoms with Crippen molar-refractivity contribution in [3.05, 3.63) is 65.7 Å². The lowest BCUT2D eigenvalue weighted by Crippen LogP contribution is -2.42. The van der Waals surface area contributed by atoms with E-state index >= 15 is 0 Å². The predicted molar refractivity (Wildman–Crippen MR) is 99.2 cm³/mol. The standard InChI is InChI=1S/C20H22BrNO2/c1-24-18-10-7-15(8-11-18)14-22-19(23)12-9-17(13-21)20(22)16-5-3-2-4-6-16/h2-8,10-11,17,20H,9,12-14H2,1H3. The minimum atomic E-state index is 0.119. The zero-order chi connectivity index (χ0) is 16.9. The number of likely N-dealkylation sites (tertiary alicyclic amines) is 1. The summed E-state index contributed by atoms with van der Waals surface area (Å²) in [6.07, 6.45) is 1.55. The maximum absolute atomic E-state index is 12.7. The van der Waals surface area contributed by atoms with Gasteiger partial charge in [0.05, 0.1) is 13.2 Å². The van der Waals surface area contributed by atoms with Crippen LogP contribution in [0.15, 0.2) is 54.6 Å². The second-order valence-corrected chi connectivity index (χ2v) is 6.83. The van der Waals surface area contributed by atoms with Gasteiger partial charge in [0, 0.05) is 18.3 Å². The van der Waals surface area contributed by atoms with Crippen molar-refractivity contribution in [3.63, 3.8) is 0 Å². The quantitative estimate of drug-likeness (QED) is 0.703. The highest BCUT2D eigenvalue weighted by Gasteiger charge is 2.36. The van der Waals surface area contributed by atoms with Crippen LogP contribution in [0.4, 0.5) is 0 Å². The summed E-state index contributed by atoms with van der Waals surface area (Å²) in [5.41, 5.74) is 2.34. The minimum Gasteiger partial charge on any atom is -0.497 e. The van der Waals surface area contributed by atoms with Crippen molar-refractivity contribution in [1.29, 1.82) is 0 Å². The van der Waals surface area contributed by atoms with Crippen LogP contribution < -0.4 is 4.74 Å². The number of amides is 1. The number of rotatable bonds is 5. The zero-order valence-corrected chi connectivity index (χ0v) is 15.4. The van der Waals surface area contributed by atoms with Crippen LogP contribution in [0.1, 0.15) is 30.0 Å². The van der Waals surface area contributed by atoms with Gasteiger partial charge >= 0.3 is 0 Å². The molecule has 24 heavy (non-hydrogen) atoms. The van der Waals surface area contributed by atoms with Crippen LogP contribution in [0, 0.1) is 5.92 Å². The highest BCUT2D eigenvalue weighted by atomic mass is 79.9. The van der Waals surface area contributed by atoms with Crippen LogP contribution in [-0.4, -0.2) is 23.2 Å². The van der Waals surface area contributed by atoms with Gasteiger partial charge in [-0.25, -0.2) is 0 Å². The third-order valence-electron chi connectivity index (χ3n) is 4.68. The van der Waals surface area contributed by atoms with E-state index in [1.54, 1.807) is 7.11 Å². The molecule has 1 aliphatic rings. The number of hydrogen-bond acceptors (Lipinski definition) is 2. The van der Waals surface area contributed by atoms with Crippen LogP contribution in [0.2, 0.25) is 0 Å². The Balaban J connectivity index is 1.89. The molecule has 3 rings (SSSR count). The maximum Gasteiger partial charge on any atom is 0.223 e. The number of hydrogen-bond donors (Lipinski definition) is 0. The predicted octanol–water partition coefficient (Wildman–Crippen LogP) is 4.57. The summed E-state index contributed by atoms with van der Waals surface area (Å²) in [5.74, 6) is 1.50. The topological polar surface area (TPSA) is 29.5 Å². The first kappa shape index (κ1) is 17.0. The summed E-state index contributed by atoms with van der Waals surface area (Å²) >= 11 is 3.65. The average Bonchev–Trinajstić information content (AvgIpc) is 2.64.